The molecule has 0 radical (unpaired) electrons. The Labute approximate surface area is 114 Å². The van der Waals surface area contributed by atoms with Crippen molar-refractivity contribution in [3.8, 4) is 0 Å². The first-order valence-corrected chi connectivity index (χ1v) is 6.90. The molecule has 0 heterocycles. The fourth-order valence-corrected chi connectivity index (χ4v) is 2.10. The van der Waals surface area contributed by atoms with Crippen LogP contribution in [0.2, 0.25) is 0 Å². The molecule has 1 atom stereocenters. The largest absolute Gasteiger partial charge is 0.479 e. The van der Waals surface area contributed by atoms with Crippen molar-refractivity contribution >= 4 is 35.1 Å². The molecule has 2 N–H and O–H groups in total. The number of carbonyl (C=O) groups excluding carboxylic acids is 1. The third-order valence-corrected chi connectivity index (χ3v) is 3.33. The molecule has 6 heteroatoms. The van der Waals surface area contributed by atoms with Gasteiger partial charge in [0, 0.05) is 11.3 Å². The lowest BCUT2D eigenvalue weighted by Gasteiger charge is -2.10. The smallest absolute Gasteiger partial charge is 0.337 e. The van der Waals surface area contributed by atoms with Crippen molar-refractivity contribution in [1.82, 2.24) is 0 Å². The van der Waals surface area contributed by atoms with Crippen LogP contribution < -0.4 is 0 Å². The molecule has 1 aromatic carbocycles. The molecule has 1 unspecified atom stereocenters. The molecule has 0 saturated carbocycles. The van der Waals surface area contributed by atoms with E-state index in [1.807, 2.05) is 6.26 Å². The number of alkyl halides is 1. The molecule has 0 aliphatic heterocycles. The summed E-state index contributed by atoms with van der Waals surface area (Å²) in [6, 6.07) is 4.90. The highest BCUT2D eigenvalue weighted by atomic mass is 35.5. The third-order valence-electron chi connectivity index (χ3n) is 2.32. The van der Waals surface area contributed by atoms with Gasteiger partial charge in [0.05, 0.1) is 5.88 Å². The van der Waals surface area contributed by atoms with Gasteiger partial charge in [0.25, 0.3) is 0 Å². The number of carboxylic acid groups (broad SMARTS) is 1. The van der Waals surface area contributed by atoms with E-state index in [2.05, 4.69) is 0 Å². The fourth-order valence-electron chi connectivity index (χ4n) is 1.48. The molecule has 0 saturated heterocycles. The zero-order valence-corrected chi connectivity index (χ0v) is 11.3. The molecule has 0 amide bonds. The van der Waals surface area contributed by atoms with E-state index >= 15 is 0 Å². The number of Topliss-reactive ketones (excluding diaryl/α,β-unsaturated/α-hetero) is 1. The van der Waals surface area contributed by atoms with Crippen LogP contribution >= 0.6 is 23.4 Å². The van der Waals surface area contributed by atoms with Gasteiger partial charge in [-0.3, -0.25) is 4.79 Å². The maximum absolute atomic E-state index is 11.3. The molecular weight excluding hydrogens is 276 g/mol. The molecule has 1 rings (SSSR count). The third kappa shape index (κ3) is 4.01. The van der Waals surface area contributed by atoms with Crippen molar-refractivity contribution in [3.05, 3.63) is 29.3 Å². The number of ketones is 1. The van der Waals surface area contributed by atoms with Crippen molar-refractivity contribution in [2.45, 2.75) is 17.4 Å². The molecule has 0 aliphatic carbocycles. The number of benzene rings is 1. The summed E-state index contributed by atoms with van der Waals surface area (Å²) in [4.78, 5) is 22.8. The van der Waals surface area contributed by atoms with Crippen LogP contribution in [-0.2, 0) is 16.0 Å². The van der Waals surface area contributed by atoms with Gasteiger partial charge in [-0.25, -0.2) is 4.79 Å². The van der Waals surface area contributed by atoms with Crippen LogP contribution in [0.25, 0.3) is 0 Å². The van der Waals surface area contributed by atoms with Gasteiger partial charge in [-0.05, 0) is 29.5 Å². The number of aliphatic hydroxyl groups is 1. The number of carboxylic acids is 1. The summed E-state index contributed by atoms with van der Waals surface area (Å²) in [5.41, 5.74) is 0.925. The Morgan fingerprint density at radius 3 is 2.56 bits per heavy atom. The number of hydrogen-bond acceptors (Lipinski definition) is 4. The first-order valence-electron chi connectivity index (χ1n) is 5.14. The Bertz CT molecular complexity index is 461. The quantitative estimate of drug-likeness (QED) is 0.617. The predicted octanol–water partition coefficient (Wildman–Crippen LogP) is 1.88. The highest BCUT2D eigenvalue weighted by Crippen LogP contribution is 2.24. The van der Waals surface area contributed by atoms with Crippen molar-refractivity contribution in [1.29, 1.82) is 0 Å². The van der Waals surface area contributed by atoms with Gasteiger partial charge in [-0.2, -0.15) is 0 Å². The minimum atomic E-state index is -1.58. The number of hydrogen-bond donors (Lipinski definition) is 2. The van der Waals surface area contributed by atoms with Crippen LogP contribution in [0.4, 0.5) is 0 Å². The van der Waals surface area contributed by atoms with E-state index in [9.17, 15) is 14.7 Å². The average Bonchev–Trinajstić information content (AvgIpc) is 2.36. The standard InChI is InChI=1S/C12H13ClO4S/c1-18-10-4-7(3-9(14)6-13)2-8(5-10)11(15)12(16)17/h2,4-5,11,15H,3,6H2,1H3,(H,16,17). The Kier molecular flexibility index (Phi) is 5.65. The maximum Gasteiger partial charge on any atom is 0.337 e. The van der Waals surface area contributed by atoms with Crippen molar-refractivity contribution in [2.75, 3.05) is 12.1 Å². The summed E-state index contributed by atoms with van der Waals surface area (Å²) >= 11 is 6.84. The summed E-state index contributed by atoms with van der Waals surface area (Å²) < 4.78 is 0. The van der Waals surface area contributed by atoms with E-state index < -0.39 is 12.1 Å². The van der Waals surface area contributed by atoms with Crippen LogP contribution in [0.1, 0.15) is 17.2 Å². The van der Waals surface area contributed by atoms with Crippen LogP contribution in [0.3, 0.4) is 0 Å². The normalized spacial score (nSPS) is 12.2. The number of aliphatic carboxylic acids is 1. The molecular formula is C12H13ClO4S. The van der Waals surface area contributed by atoms with Gasteiger partial charge in [0.2, 0.25) is 0 Å². The molecule has 98 valence electrons. The molecule has 1 aromatic rings. The number of aliphatic hydroxyl groups excluding tert-OH is 1. The van der Waals surface area contributed by atoms with E-state index in [-0.39, 0.29) is 23.6 Å². The summed E-state index contributed by atoms with van der Waals surface area (Å²) in [5, 5.41) is 18.3. The van der Waals surface area contributed by atoms with Gasteiger partial charge in [-0.1, -0.05) is 6.07 Å². The van der Waals surface area contributed by atoms with Crippen LogP contribution in [0, 0.1) is 0 Å². The predicted molar refractivity (Wildman–Crippen MR) is 70.2 cm³/mol. The molecule has 4 nitrogen and oxygen atoms in total. The summed E-state index contributed by atoms with van der Waals surface area (Å²) in [6.07, 6.45) is 0.387. The van der Waals surface area contributed by atoms with Gasteiger partial charge >= 0.3 is 5.97 Å². The lowest BCUT2D eigenvalue weighted by molar-refractivity contribution is -0.146. The Balaban J connectivity index is 3.08. The molecule has 0 bridgehead atoms. The van der Waals surface area contributed by atoms with E-state index in [4.69, 9.17) is 16.7 Å². The second-order valence-electron chi connectivity index (χ2n) is 3.70. The molecule has 0 aromatic heterocycles. The monoisotopic (exact) mass is 288 g/mol. The van der Waals surface area contributed by atoms with Gasteiger partial charge in [0.15, 0.2) is 11.9 Å². The summed E-state index contributed by atoms with van der Waals surface area (Å²) in [6.45, 7) is 0. The Hall–Kier alpha value is -1.04. The van der Waals surface area contributed by atoms with E-state index in [0.29, 0.717) is 5.56 Å². The Morgan fingerprint density at radius 2 is 2.06 bits per heavy atom. The van der Waals surface area contributed by atoms with E-state index in [0.717, 1.165) is 4.90 Å². The molecule has 18 heavy (non-hydrogen) atoms. The van der Waals surface area contributed by atoms with Gasteiger partial charge < -0.3 is 10.2 Å². The van der Waals surface area contributed by atoms with Crippen molar-refractivity contribution in [3.63, 3.8) is 0 Å². The molecule has 0 fully saturated rings. The fraction of sp³-hybridized carbons (Fsp3) is 0.333. The van der Waals surface area contributed by atoms with E-state index in [1.165, 1.54) is 17.8 Å². The maximum atomic E-state index is 11.3. The SMILES string of the molecule is CSc1cc(CC(=O)CCl)cc(C(O)C(=O)O)c1. The number of thioether (sulfide) groups is 1. The van der Waals surface area contributed by atoms with Crippen molar-refractivity contribution in [2.24, 2.45) is 0 Å². The first-order chi connectivity index (χ1) is 8.47. The summed E-state index contributed by atoms with van der Waals surface area (Å²) in [7, 11) is 0. The number of rotatable bonds is 6. The lowest BCUT2D eigenvalue weighted by Crippen LogP contribution is -2.12. The first kappa shape index (κ1) is 15.0. The minimum Gasteiger partial charge on any atom is -0.479 e. The molecule has 0 aliphatic rings. The summed E-state index contributed by atoms with van der Waals surface area (Å²) in [5.74, 6) is -1.55. The van der Waals surface area contributed by atoms with Crippen LogP contribution in [-0.4, -0.2) is 34.1 Å². The van der Waals surface area contributed by atoms with Crippen LogP contribution in [0.15, 0.2) is 23.1 Å². The zero-order chi connectivity index (χ0) is 13.7. The minimum absolute atomic E-state index is 0.0830. The number of halogens is 1. The van der Waals surface area contributed by atoms with E-state index in [1.54, 1.807) is 12.1 Å². The van der Waals surface area contributed by atoms with Gasteiger partial charge in [0.1, 0.15) is 0 Å². The van der Waals surface area contributed by atoms with Crippen molar-refractivity contribution < 1.29 is 19.8 Å². The molecule has 0 spiro atoms. The second-order valence-corrected chi connectivity index (χ2v) is 4.85. The zero-order valence-electron chi connectivity index (χ0n) is 9.72. The van der Waals surface area contributed by atoms with Crippen LogP contribution in [0.5, 0.6) is 0 Å². The highest BCUT2D eigenvalue weighted by Gasteiger charge is 2.17. The van der Waals surface area contributed by atoms with Gasteiger partial charge in [-0.15, -0.1) is 23.4 Å². The number of carbonyl (C=O) groups is 2. The Morgan fingerprint density at radius 1 is 1.39 bits per heavy atom. The second kappa shape index (κ2) is 6.78. The average molecular weight is 289 g/mol. The highest BCUT2D eigenvalue weighted by molar-refractivity contribution is 7.98. The topological polar surface area (TPSA) is 74.6 Å². The lowest BCUT2D eigenvalue weighted by atomic mass is 10.0.